The number of nitrogens with zero attached hydrogens (tertiary/aromatic N) is 1. The fraction of sp³-hybridized carbons (Fsp3) is 0.148. The maximum atomic E-state index is 12.5. The van der Waals surface area contributed by atoms with Crippen LogP contribution in [0.2, 0.25) is 0 Å². The van der Waals surface area contributed by atoms with E-state index in [1.807, 2.05) is 6.07 Å². The third-order valence-corrected chi connectivity index (χ3v) is 5.22. The van der Waals surface area contributed by atoms with Crippen molar-refractivity contribution >= 4 is 29.1 Å². The lowest BCUT2D eigenvalue weighted by Crippen LogP contribution is -2.21. The van der Waals surface area contributed by atoms with Crippen LogP contribution < -0.4 is 14.8 Å². The second-order valence-electron chi connectivity index (χ2n) is 7.57. The zero-order chi connectivity index (χ0) is 24.8. The number of hydrogen-bond acceptors (Lipinski definition) is 7. The van der Waals surface area contributed by atoms with Crippen molar-refractivity contribution in [3.05, 3.63) is 95.0 Å². The van der Waals surface area contributed by atoms with Crippen molar-refractivity contribution in [3.8, 4) is 11.5 Å². The van der Waals surface area contributed by atoms with Gasteiger partial charge in [0.05, 0.1) is 12.2 Å². The zero-order valence-corrected chi connectivity index (χ0v) is 19.2. The largest absolute Gasteiger partial charge is 0.483 e. The lowest BCUT2D eigenvalue weighted by atomic mass is 9.94. The Morgan fingerprint density at radius 1 is 1.14 bits per heavy atom. The predicted molar refractivity (Wildman–Crippen MR) is 129 cm³/mol. The molecule has 3 aromatic rings. The van der Waals surface area contributed by atoms with Crippen molar-refractivity contribution < 1.29 is 28.6 Å². The molecule has 2 aromatic carbocycles. The number of aromatic nitrogens is 1. The third-order valence-electron chi connectivity index (χ3n) is 5.22. The summed E-state index contributed by atoms with van der Waals surface area (Å²) >= 11 is 0. The summed E-state index contributed by atoms with van der Waals surface area (Å²) in [7, 11) is 0. The highest BCUT2D eigenvalue weighted by Crippen LogP contribution is 2.41. The van der Waals surface area contributed by atoms with Gasteiger partial charge in [-0.15, -0.1) is 0 Å². The molecule has 0 aliphatic carbocycles. The van der Waals surface area contributed by atoms with E-state index in [-0.39, 0.29) is 19.0 Å². The molecule has 0 saturated carbocycles. The normalized spacial score (nSPS) is 11.9. The van der Waals surface area contributed by atoms with Crippen LogP contribution in [0.3, 0.4) is 0 Å². The monoisotopic (exact) mass is 470 g/mol. The van der Waals surface area contributed by atoms with Gasteiger partial charge < -0.3 is 19.5 Å². The van der Waals surface area contributed by atoms with E-state index in [4.69, 9.17) is 14.2 Å². The molecule has 1 N–H and O–H groups in total. The van der Waals surface area contributed by atoms with Crippen molar-refractivity contribution in [2.24, 2.45) is 0 Å². The fourth-order valence-corrected chi connectivity index (χ4v) is 3.61. The highest BCUT2D eigenvalue weighted by Gasteiger charge is 2.23. The lowest BCUT2D eigenvalue weighted by Gasteiger charge is -2.22. The molecule has 0 spiro atoms. The lowest BCUT2D eigenvalue weighted by molar-refractivity contribution is -0.118. The standard InChI is InChI=1S/C27H22N2O6/c1-3-33-27(32)18-6-4-8-20(12-18)29-25(31)16-34-24-10-9-22-23(19-7-5-11-28-14-19)13-21(15-30)35-26(22)17(24)2/h4-14H,3,16H2,1-2H3,(H,29,31). The minimum absolute atomic E-state index is 0.0378. The summed E-state index contributed by atoms with van der Waals surface area (Å²) < 4.78 is 16.5. The Labute approximate surface area is 201 Å². The molecule has 176 valence electrons. The average molecular weight is 470 g/mol. The topological polar surface area (TPSA) is 104 Å². The Bertz CT molecular complexity index is 1360. The van der Waals surface area contributed by atoms with Crippen LogP contribution in [0.1, 0.15) is 34.0 Å². The van der Waals surface area contributed by atoms with E-state index in [0.29, 0.717) is 28.3 Å². The smallest absolute Gasteiger partial charge is 0.338 e. The van der Waals surface area contributed by atoms with Crippen molar-refractivity contribution in [3.63, 3.8) is 0 Å². The number of esters is 1. The maximum absolute atomic E-state index is 12.5. The van der Waals surface area contributed by atoms with Crippen LogP contribution in [0.5, 0.6) is 11.5 Å². The zero-order valence-electron chi connectivity index (χ0n) is 19.2. The molecule has 0 fully saturated rings. The van der Waals surface area contributed by atoms with Crippen molar-refractivity contribution in [1.82, 2.24) is 4.98 Å². The summed E-state index contributed by atoms with van der Waals surface area (Å²) in [5, 5.41) is 2.70. The van der Waals surface area contributed by atoms with E-state index in [1.54, 1.807) is 74.7 Å². The van der Waals surface area contributed by atoms with Crippen LogP contribution in [-0.2, 0) is 14.3 Å². The van der Waals surface area contributed by atoms with Crippen LogP contribution in [-0.4, -0.2) is 36.0 Å². The van der Waals surface area contributed by atoms with Gasteiger partial charge in [0.15, 0.2) is 12.5 Å². The predicted octanol–water partition coefficient (Wildman–Crippen LogP) is 4.12. The van der Waals surface area contributed by atoms with E-state index in [2.05, 4.69) is 10.3 Å². The molecule has 1 aliphatic heterocycles. The maximum Gasteiger partial charge on any atom is 0.338 e. The minimum atomic E-state index is -0.465. The van der Waals surface area contributed by atoms with Gasteiger partial charge in [-0.1, -0.05) is 12.1 Å². The highest BCUT2D eigenvalue weighted by molar-refractivity contribution is 5.95. The number of pyridine rings is 1. The number of carbonyl (C=O) groups is 2. The Hall–Kier alpha value is -4.68. The number of anilines is 1. The van der Waals surface area contributed by atoms with Gasteiger partial charge in [0.2, 0.25) is 5.76 Å². The van der Waals surface area contributed by atoms with Crippen molar-refractivity contribution in [2.45, 2.75) is 13.8 Å². The number of ether oxygens (including phenoxy) is 3. The van der Waals surface area contributed by atoms with Crippen LogP contribution in [0.15, 0.2) is 72.8 Å². The van der Waals surface area contributed by atoms with E-state index in [9.17, 15) is 14.4 Å². The molecule has 1 aromatic heterocycles. The molecule has 1 aliphatic rings. The van der Waals surface area contributed by atoms with Gasteiger partial charge in [0.25, 0.3) is 5.91 Å². The molecule has 8 nitrogen and oxygen atoms in total. The van der Waals surface area contributed by atoms with Crippen molar-refractivity contribution in [2.75, 3.05) is 18.5 Å². The number of amides is 1. The summed E-state index contributed by atoms with van der Waals surface area (Å²) in [6, 6.07) is 13.7. The molecule has 8 heteroatoms. The first-order chi connectivity index (χ1) is 17.0. The van der Waals surface area contributed by atoms with Crippen molar-refractivity contribution in [1.29, 1.82) is 0 Å². The molecule has 0 atom stereocenters. The van der Waals surface area contributed by atoms with Gasteiger partial charge in [0, 0.05) is 40.8 Å². The molecule has 0 saturated heterocycles. The first kappa shape index (κ1) is 23.5. The first-order valence-electron chi connectivity index (χ1n) is 10.9. The molecule has 1 amide bonds. The number of fused-ring (bicyclic) bond motifs is 1. The summed E-state index contributed by atoms with van der Waals surface area (Å²) in [6.07, 6.45) is 4.98. The van der Waals surface area contributed by atoms with Gasteiger partial charge in [0.1, 0.15) is 11.5 Å². The average Bonchev–Trinajstić information content (AvgIpc) is 2.88. The summed E-state index contributed by atoms with van der Waals surface area (Å²) in [5.74, 6) is 1.84. The Balaban J connectivity index is 1.50. The molecule has 35 heavy (non-hydrogen) atoms. The van der Waals surface area contributed by atoms with Gasteiger partial charge >= 0.3 is 5.97 Å². The summed E-state index contributed by atoms with van der Waals surface area (Å²) in [5.41, 5.74) is 3.77. The van der Waals surface area contributed by atoms with E-state index < -0.39 is 11.9 Å². The SMILES string of the molecule is CCOC(=O)c1cccc(NC(=O)COc2ccc3c(c2C)OC(=C=O)C=C3c2cccnc2)c1. The molecule has 0 radical (unpaired) electrons. The molecule has 4 rings (SSSR count). The van der Waals surface area contributed by atoms with Gasteiger partial charge in [-0.3, -0.25) is 9.78 Å². The van der Waals surface area contributed by atoms with Crippen LogP contribution in [0, 0.1) is 6.92 Å². The number of carbonyl (C=O) groups excluding carboxylic acids is 3. The van der Waals surface area contributed by atoms with Gasteiger partial charge in [-0.05, 0) is 55.8 Å². The number of hydrogen-bond donors (Lipinski definition) is 1. The second-order valence-corrected chi connectivity index (χ2v) is 7.57. The molecular formula is C27H22N2O6. The number of nitrogens with one attached hydrogen (secondary N) is 1. The quantitative estimate of drug-likeness (QED) is 0.409. The van der Waals surface area contributed by atoms with E-state index in [1.165, 1.54) is 6.07 Å². The molecule has 0 unspecified atom stereocenters. The van der Waals surface area contributed by atoms with E-state index >= 15 is 0 Å². The van der Waals surface area contributed by atoms with Gasteiger partial charge in [-0.25, -0.2) is 9.59 Å². The summed E-state index contributed by atoms with van der Waals surface area (Å²) in [4.78, 5) is 39.9. The highest BCUT2D eigenvalue weighted by atomic mass is 16.5. The second kappa shape index (κ2) is 10.5. The van der Waals surface area contributed by atoms with Crippen LogP contribution in [0.4, 0.5) is 5.69 Å². The Morgan fingerprint density at radius 3 is 2.74 bits per heavy atom. The van der Waals surface area contributed by atoms with E-state index in [0.717, 1.165) is 16.7 Å². The van der Waals surface area contributed by atoms with Crippen LogP contribution in [0.25, 0.3) is 5.57 Å². The molecule has 2 heterocycles. The van der Waals surface area contributed by atoms with Gasteiger partial charge in [-0.2, -0.15) is 0 Å². The number of allylic oxidation sites excluding steroid dienone is 1. The summed E-state index contributed by atoms with van der Waals surface area (Å²) in [6.45, 7) is 3.49. The number of rotatable bonds is 7. The number of benzene rings is 2. The molecule has 0 bridgehead atoms. The third kappa shape index (κ3) is 5.29. The molecular weight excluding hydrogens is 448 g/mol. The first-order valence-corrected chi connectivity index (χ1v) is 10.9. The Morgan fingerprint density at radius 2 is 2.00 bits per heavy atom. The fourth-order valence-electron chi connectivity index (χ4n) is 3.61. The Kier molecular flexibility index (Phi) is 7.04. The minimum Gasteiger partial charge on any atom is -0.483 e. The van der Waals surface area contributed by atoms with Crippen LogP contribution >= 0.6 is 0 Å².